The van der Waals surface area contributed by atoms with E-state index in [9.17, 15) is 9.18 Å². The van der Waals surface area contributed by atoms with Gasteiger partial charge < -0.3 is 9.84 Å². The molecule has 0 saturated heterocycles. The Morgan fingerprint density at radius 2 is 1.81 bits per heavy atom. The van der Waals surface area contributed by atoms with Crippen LogP contribution in [0.25, 0.3) is 11.4 Å². The summed E-state index contributed by atoms with van der Waals surface area (Å²) >= 11 is 0. The number of aryl methyl sites for hydroxylation is 2. The van der Waals surface area contributed by atoms with E-state index in [-0.39, 0.29) is 11.7 Å². The summed E-state index contributed by atoms with van der Waals surface area (Å²) in [6.07, 6.45) is 3.62. The van der Waals surface area contributed by atoms with E-state index in [0.717, 1.165) is 18.5 Å². The smallest absolute Gasteiger partial charge is 0.226 e. The molecule has 1 amide bonds. The number of aromatic nitrogens is 2. The molecule has 6 heteroatoms. The first kappa shape index (κ1) is 18.8. The van der Waals surface area contributed by atoms with Gasteiger partial charge in [-0.2, -0.15) is 4.98 Å². The number of hydrogen-bond donors (Lipinski definition) is 1. The van der Waals surface area contributed by atoms with E-state index < -0.39 is 0 Å². The summed E-state index contributed by atoms with van der Waals surface area (Å²) in [4.78, 5) is 16.3. The fourth-order valence-corrected chi connectivity index (χ4v) is 2.74. The molecule has 0 aliphatic heterocycles. The lowest BCUT2D eigenvalue weighted by molar-refractivity contribution is -0.116. The lowest BCUT2D eigenvalue weighted by Crippen LogP contribution is -2.11. The molecule has 0 bridgehead atoms. The number of nitrogens with one attached hydrogen (secondary N) is 1. The predicted molar refractivity (Wildman–Crippen MR) is 102 cm³/mol. The van der Waals surface area contributed by atoms with Gasteiger partial charge in [-0.25, -0.2) is 4.39 Å². The van der Waals surface area contributed by atoms with Crippen LogP contribution >= 0.6 is 0 Å². The maximum Gasteiger partial charge on any atom is 0.226 e. The topological polar surface area (TPSA) is 68.0 Å². The molecule has 140 valence electrons. The van der Waals surface area contributed by atoms with Crippen molar-refractivity contribution in [1.29, 1.82) is 0 Å². The van der Waals surface area contributed by atoms with Crippen molar-refractivity contribution in [2.75, 3.05) is 5.32 Å². The summed E-state index contributed by atoms with van der Waals surface area (Å²) in [5, 5.41) is 6.79. The molecular weight excluding hydrogens is 345 g/mol. The number of anilines is 1. The summed E-state index contributed by atoms with van der Waals surface area (Å²) < 4.78 is 18.2. The largest absolute Gasteiger partial charge is 0.339 e. The molecule has 3 rings (SSSR count). The first-order valence-electron chi connectivity index (χ1n) is 9.11. The van der Waals surface area contributed by atoms with Crippen LogP contribution in [-0.2, 0) is 17.6 Å². The molecule has 3 aromatic rings. The number of amides is 1. The van der Waals surface area contributed by atoms with Gasteiger partial charge in [-0.1, -0.05) is 30.6 Å². The molecule has 0 atom stereocenters. The fourth-order valence-electron chi connectivity index (χ4n) is 2.74. The van der Waals surface area contributed by atoms with E-state index in [0.29, 0.717) is 36.5 Å². The molecule has 0 aliphatic carbocycles. The standard InChI is InChI=1S/C21H22FN3O2/c1-2-4-15-7-13-18(14-8-15)23-19(26)5-3-6-20-24-21(25-27-20)16-9-11-17(22)12-10-16/h7-14H,2-6H2,1H3,(H,23,26). The van der Waals surface area contributed by atoms with Crippen LogP contribution in [0.15, 0.2) is 53.1 Å². The van der Waals surface area contributed by atoms with Crippen LogP contribution in [0.2, 0.25) is 0 Å². The second kappa shape index (κ2) is 9.07. The SMILES string of the molecule is CCCc1ccc(NC(=O)CCCc2nc(-c3ccc(F)cc3)no2)cc1. The Labute approximate surface area is 157 Å². The van der Waals surface area contributed by atoms with Crippen molar-refractivity contribution in [3.63, 3.8) is 0 Å². The zero-order chi connectivity index (χ0) is 19.1. The van der Waals surface area contributed by atoms with Gasteiger partial charge in [0.05, 0.1) is 0 Å². The molecular formula is C21H22FN3O2. The number of nitrogens with zero attached hydrogens (tertiary/aromatic N) is 2. The molecule has 0 spiro atoms. The molecule has 1 N–H and O–H groups in total. The van der Waals surface area contributed by atoms with Crippen LogP contribution in [0.5, 0.6) is 0 Å². The highest BCUT2D eigenvalue weighted by Crippen LogP contribution is 2.17. The summed E-state index contributed by atoms with van der Waals surface area (Å²) in [5.41, 5.74) is 2.76. The van der Waals surface area contributed by atoms with Gasteiger partial charge in [-0.15, -0.1) is 0 Å². The average molecular weight is 367 g/mol. The minimum absolute atomic E-state index is 0.0449. The van der Waals surface area contributed by atoms with E-state index in [1.165, 1.54) is 17.7 Å². The van der Waals surface area contributed by atoms with Crippen molar-refractivity contribution in [3.05, 3.63) is 65.8 Å². The first-order chi connectivity index (χ1) is 13.1. The molecule has 27 heavy (non-hydrogen) atoms. The summed E-state index contributed by atoms with van der Waals surface area (Å²) in [5.74, 6) is 0.526. The van der Waals surface area contributed by atoms with Crippen LogP contribution in [0.4, 0.5) is 10.1 Å². The highest BCUT2D eigenvalue weighted by molar-refractivity contribution is 5.90. The second-order valence-corrected chi connectivity index (χ2v) is 6.37. The first-order valence-corrected chi connectivity index (χ1v) is 9.11. The minimum Gasteiger partial charge on any atom is -0.339 e. The maximum atomic E-state index is 13.0. The van der Waals surface area contributed by atoms with Crippen LogP contribution < -0.4 is 5.32 Å². The van der Waals surface area contributed by atoms with E-state index in [1.807, 2.05) is 24.3 Å². The normalized spacial score (nSPS) is 10.7. The average Bonchev–Trinajstić information content (AvgIpc) is 3.13. The van der Waals surface area contributed by atoms with Crippen LogP contribution in [0, 0.1) is 5.82 Å². The van der Waals surface area contributed by atoms with Crippen LogP contribution in [-0.4, -0.2) is 16.0 Å². The molecule has 1 heterocycles. The van der Waals surface area contributed by atoms with E-state index >= 15 is 0 Å². The Hall–Kier alpha value is -3.02. The number of hydrogen-bond acceptors (Lipinski definition) is 4. The van der Waals surface area contributed by atoms with E-state index in [1.54, 1.807) is 12.1 Å². The van der Waals surface area contributed by atoms with Crippen molar-refractivity contribution in [2.45, 2.75) is 39.0 Å². The molecule has 5 nitrogen and oxygen atoms in total. The van der Waals surface area contributed by atoms with Gasteiger partial charge in [0.1, 0.15) is 5.82 Å². The Kier molecular flexibility index (Phi) is 6.30. The summed E-state index contributed by atoms with van der Waals surface area (Å²) in [6.45, 7) is 2.14. The second-order valence-electron chi connectivity index (χ2n) is 6.37. The molecule has 0 unspecified atom stereocenters. The van der Waals surface area contributed by atoms with Gasteiger partial charge in [-0.05, 0) is 54.8 Å². The summed E-state index contributed by atoms with van der Waals surface area (Å²) in [6, 6.07) is 13.8. The Morgan fingerprint density at radius 1 is 1.07 bits per heavy atom. The molecule has 0 aliphatic rings. The Morgan fingerprint density at radius 3 is 2.52 bits per heavy atom. The van der Waals surface area contributed by atoms with Crippen molar-refractivity contribution in [2.24, 2.45) is 0 Å². The monoisotopic (exact) mass is 367 g/mol. The van der Waals surface area contributed by atoms with Gasteiger partial charge in [0.25, 0.3) is 0 Å². The third kappa shape index (κ3) is 5.48. The van der Waals surface area contributed by atoms with Crippen LogP contribution in [0.3, 0.4) is 0 Å². The van der Waals surface area contributed by atoms with Crippen molar-refractivity contribution >= 4 is 11.6 Å². The third-order valence-electron chi connectivity index (χ3n) is 4.14. The molecule has 0 saturated carbocycles. The minimum atomic E-state index is -0.312. The van der Waals surface area contributed by atoms with Crippen LogP contribution in [0.1, 0.15) is 37.6 Å². The number of carbonyl (C=O) groups excluding carboxylic acids is 1. The highest BCUT2D eigenvalue weighted by Gasteiger charge is 2.10. The number of carbonyl (C=O) groups is 1. The molecule has 2 aromatic carbocycles. The lowest BCUT2D eigenvalue weighted by Gasteiger charge is -2.06. The summed E-state index contributed by atoms with van der Waals surface area (Å²) in [7, 11) is 0. The van der Waals surface area contributed by atoms with Gasteiger partial charge in [0.2, 0.25) is 17.6 Å². The van der Waals surface area contributed by atoms with E-state index in [4.69, 9.17) is 4.52 Å². The molecule has 0 radical (unpaired) electrons. The fraction of sp³-hybridized carbons (Fsp3) is 0.286. The van der Waals surface area contributed by atoms with Gasteiger partial charge in [0, 0.05) is 24.1 Å². The predicted octanol–water partition coefficient (Wildman–Crippen LogP) is 4.79. The third-order valence-corrected chi connectivity index (χ3v) is 4.14. The lowest BCUT2D eigenvalue weighted by atomic mass is 10.1. The van der Waals surface area contributed by atoms with Gasteiger partial charge in [-0.3, -0.25) is 4.79 Å². The quantitative estimate of drug-likeness (QED) is 0.621. The van der Waals surface area contributed by atoms with Crippen molar-refractivity contribution in [1.82, 2.24) is 10.1 Å². The number of rotatable bonds is 8. The maximum absolute atomic E-state index is 13.0. The number of halogens is 1. The Bertz CT molecular complexity index is 873. The zero-order valence-corrected chi connectivity index (χ0v) is 15.2. The van der Waals surface area contributed by atoms with Gasteiger partial charge in [0.15, 0.2) is 0 Å². The Balaban J connectivity index is 1.45. The van der Waals surface area contributed by atoms with Gasteiger partial charge >= 0.3 is 0 Å². The molecule has 1 aromatic heterocycles. The number of benzene rings is 2. The molecule has 0 fully saturated rings. The van der Waals surface area contributed by atoms with E-state index in [2.05, 4.69) is 22.4 Å². The van der Waals surface area contributed by atoms with Crippen molar-refractivity contribution in [3.8, 4) is 11.4 Å². The highest BCUT2D eigenvalue weighted by atomic mass is 19.1. The zero-order valence-electron chi connectivity index (χ0n) is 15.2. The van der Waals surface area contributed by atoms with Crippen molar-refractivity contribution < 1.29 is 13.7 Å².